The highest BCUT2D eigenvalue weighted by Crippen LogP contribution is 2.36. The summed E-state index contributed by atoms with van der Waals surface area (Å²) in [6.07, 6.45) is 12.8. The van der Waals surface area contributed by atoms with Gasteiger partial charge in [-0.3, -0.25) is 4.79 Å². The largest absolute Gasteiger partial charge is 0.458 e. The molecule has 3 rings (SSSR count). The quantitative estimate of drug-likeness (QED) is 0.567. The summed E-state index contributed by atoms with van der Waals surface area (Å²) in [4.78, 5) is 15.0. The number of hydrogen-bond donors (Lipinski definition) is 0. The van der Waals surface area contributed by atoms with Crippen molar-refractivity contribution in [3.8, 4) is 0 Å². The van der Waals surface area contributed by atoms with E-state index in [1.165, 1.54) is 30.4 Å². The summed E-state index contributed by atoms with van der Waals surface area (Å²) < 4.78 is 5.79. The van der Waals surface area contributed by atoms with E-state index in [0.29, 0.717) is 5.92 Å². The lowest BCUT2D eigenvalue weighted by molar-refractivity contribution is -0.143. The van der Waals surface area contributed by atoms with Crippen molar-refractivity contribution in [2.75, 3.05) is 19.6 Å². The van der Waals surface area contributed by atoms with Gasteiger partial charge in [0.25, 0.3) is 0 Å². The van der Waals surface area contributed by atoms with Gasteiger partial charge in [0.1, 0.15) is 6.10 Å². The number of allylic oxidation sites excluding steroid dienone is 3. The number of piperidine rings is 1. The lowest BCUT2D eigenvalue weighted by Crippen LogP contribution is -2.38. The van der Waals surface area contributed by atoms with E-state index in [0.717, 1.165) is 45.3 Å². The molecule has 0 spiro atoms. The summed E-state index contributed by atoms with van der Waals surface area (Å²) in [6, 6.07) is 0. The van der Waals surface area contributed by atoms with Crippen LogP contribution in [0.2, 0.25) is 0 Å². The maximum atomic E-state index is 12.5. The Morgan fingerprint density at radius 2 is 1.87 bits per heavy atom. The third-order valence-corrected chi connectivity index (χ3v) is 5.75. The predicted molar refractivity (Wildman–Crippen MR) is 93.1 cm³/mol. The molecule has 0 unspecified atom stereocenters. The molecule has 2 saturated heterocycles. The van der Waals surface area contributed by atoms with E-state index in [-0.39, 0.29) is 18.0 Å². The van der Waals surface area contributed by atoms with E-state index in [2.05, 4.69) is 30.9 Å². The first-order valence-electron chi connectivity index (χ1n) is 9.39. The second kappa shape index (κ2) is 7.65. The second-order valence-electron chi connectivity index (χ2n) is 7.67. The lowest BCUT2D eigenvalue weighted by Gasteiger charge is -2.30. The van der Waals surface area contributed by atoms with Crippen molar-refractivity contribution in [3.63, 3.8) is 0 Å². The van der Waals surface area contributed by atoms with Gasteiger partial charge in [0, 0.05) is 12.5 Å². The Bertz CT molecular complexity index is 488. The number of carbonyl (C=O) groups is 1. The topological polar surface area (TPSA) is 29.5 Å². The number of esters is 1. The first-order valence-corrected chi connectivity index (χ1v) is 9.39. The number of hydrogen-bond acceptors (Lipinski definition) is 3. The molecular weight excluding hydrogens is 286 g/mol. The normalized spacial score (nSPS) is 38.0. The van der Waals surface area contributed by atoms with Gasteiger partial charge < -0.3 is 9.64 Å². The molecule has 2 aliphatic heterocycles. The average molecular weight is 317 g/mol. The first kappa shape index (κ1) is 16.8. The molecule has 0 bridgehead atoms. The van der Waals surface area contributed by atoms with Crippen molar-refractivity contribution in [3.05, 3.63) is 23.3 Å². The Morgan fingerprint density at radius 3 is 2.65 bits per heavy atom. The zero-order valence-electron chi connectivity index (χ0n) is 14.7. The van der Waals surface area contributed by atoms with Crippen LogP contribution in [-0.4, -0.2) is 36.6 Å². The second-order valence-corrected chi connectivity index (χ2v) is 7.67. The van der Waals surface area contributed by atoms with Crippen molar-refractivity contribution < 1.29 is 9.53 Å². The number of ether oxygens (including phenoxy) is 1. The summed E-state index contributed by atoms with van der Waals surface area (Å²) >= 11 is 0. The van der Waals surface area contributed by atoms with E-state index in [1.807, 2.05) is 0 Å². The fraction of sp³-hybridized carbons (Fsp3) is 0.750. The summed E-state index contributed by atoms with van der Waals surface area (Å²) in [5.74, 6) is 0.450. The molecule has 3 nitrogen and oxygen atoms in total. The minimum atomic E-state index is 0.00379. The van der Waals surface area contributed by atoms with E-state index >= 15 is 0 Å². The molecule has 23 heavy (non-hydrogen) atoms. The maximum absolute atomic E-state index is 12.5. The van der Waals surface area contributed by atoms with Crippen LogP contribution in [0.5, 0.6) is 0 Å². The molecule has 2 fully saturated rings. The van der Waals surface area contributed by atoms with Crippen LogP contribution in [0.1, 0.15) is 58.8 Å². The highest BCUT2D eigenvalue weighted by Gasteiger charge is 2.43. The maximum Gasteiger partial charge on any atom is 0.311 e. The summed E-state index contributed by atoms with van der Waals surface area (Å²) in [6.45, 7) is 7.60. The molecule has 0 aromatic carbocycles. The molecule has 0 aromatic rings. The molecule has 3 aliphatic rings. The van der Waals surface area contributed by atoms with Crippen LogP contribution >= 0.6 is 0 Å². The Morgan fingerprint density at radius 1 is 1.13 bits per heavy atom. The highest BCUT2D eigenvalue weighted by molar-refractivity contribution is 5.76. The molecule has 0 saturated carbocycles. The Hall–Kier alpha value is -1.09. The van der Waals surface area contributed by atoms with Crippen molar-refractivity contribution in [1.29, 1.82) is 0 Å². The summed E-state index contributed by atoms with van der Waals surface area (Å²) in [5.41, 5.74) is 2.84. The van der Waals surface area contributed by atoms with Crippen molar-refractivity contribution in [1.82, 2.24) is 4.90 Å². The zero-order valence-corrected chi connectivity index (χ0v) is 14.7. The van der Waals surface area contributed by atoms with Crippen molar-refractivity contribution >= 4 is 5.97 Å². The molecular formula is C20H31NO2. The minimum absolute atomic E-state index is 0.00379. The fourth-order valence-corrected chi connectivity index (χ4v) is 4.25. The summed E-state index contributed by atoms with van der Waals surface area (Å²) in [7, 11) is 0. The Kier molecular flexibility index (Phi) is 5.58. The molecule has 128 valence electrons. The van der Waals surface area contributed by atoms with Crippen LogP contribution in [0.3, 0.4) is 0 Å². The van der Waals surface area contributed by atoms with Gasteiger partial charge in [-0.2, -0.15) is 0 Å². The molecule has 0 radical (unpaired) electrons. The third-order valence-electron chi connectivity index (χ3n) is 5.75. The Labute approximate surface area is 140 Å². The Balaban J connectivity index is 1.73. The number of nitrogens with zero attached hydrogens (tertiary/aromatic N) is 1. The van der Waals surface area contributed by atoms with E-state index < -0.39 is 0 Å². The standard InChI is InChI=1S/C20H31NO2/c1-15-7-6-8-17-18(14-21-11-4-3-5-12-21)20(22)23-19(17)13-16(2)10-9-15/h7,13,17-19H,3-6,8-12,14H2,1-2H3/b15-7+,16-13+/t17-,18-,19-/m1/s1. The molecule has 2 heterocycles. The van der Waals surface area contributed by atoms with Gasteiger partial charge in [-0.1, -0.05) is 23.6 Å². The molecule has 3 heteroatoms. The van der Waals surface area contributed by atoms with Gasteiger partial charge in [-0.05, 0) is 71.5 Å². The smallest absolute Gasteiger partial charge is 0.311 e. The fourth-order valence-electron chi connectivity index (χ4n) is 4.25. The monoisotopic (exact) mass is 317 g/mol. The SMILES string of the molecule is C/C1=C\CC[C@H]2[C@@H](/C=C(\C)CC1)OC(=O)[C@@H]2CN1CCCCC1. The number of carbonyl (C=O) groups excluding carboxylic acids is 1. The van der Waals surface area contributed by atoms with Crippen LogP contribution in [0, 0.1) is 11.8 Å². The van der Waals surface area contributed by atoms with Crippen LogP contribution in [-0.2, 0) is 9.53 Å². The molecule has 3 atom stereocenters. The molecule has 0 aromatic heterocycles. The van der Waals surface area contributed by atoms with Gasteiger partial charge in [0.15, 0.2) is 0 Å². The van der Waals surface area contributed by atoms with Gasteiger partial charge >= 0.3 is 5.97 Å². The summed E-state index contributed by atoms with van der Waals surface area (Å²) in [5, 5.41) is 0. The number of likely N-dealkylation sites (tertiary alicyclic amines) is 1. The van der Waals surface area contributed by atoms with Crippen LogP contribution in [0.25, 0.3) is 0 Å². The van der Waals surface area contributed by atoms with E-state index in [1.54, 1.807) is 0 Å². The predicted octanol–water partition coefficient (Wildman–Crippen LogP) is 4.10. The van der Waals surface area contributed by atoms with Gasteiger partial charge in [-0.15, -0.1) is 0 Å². The van der Waals surface area contributed by atoms with Gasteiger partial charge in [0.05, 0.1) is 5.92 Å². The van der Waals surface area contributed by atoms with Crippen LogP contribution < -0.4 is 0 Å². The minimum Gasteiger partial charge on any atom is -0.458 e. The molecule has 1 aliphatic carbocycles. The number of fused-ring (bicyclic) bond motifs is 1. The molecule has 0 amide bonds. The first-order chi connectivity index (χ1) is 11.1. The van der Waals surface area contributed by atoms with E-state index in [4.69, 9.17) is 4.74 Å². The van der Waals surface area contributed by atoms with E-state index in [9.17, 15) is 4.79 Å². The van der Waals surface area contributed by atoms with Crippen molar-refractivity contribution in [2.24, 2.45) is 11.8 Å². The zero-order chi connectivity index (χ0) is 16.2. The molecule has 0 N–H and O–H groups in total. The van der Waals surface area contributed by atoms with Crippen LogP contribution in [0.4, 0.5) is 0 Å². The van der Waals surface area contributed by atoms with Crippen LogP contribution in [0.15, 0.2) is 23.3 Å². The lowest BCUT2D eigenvalue weighted by atomic mass is 9.84. The highest BCUT2D eigenvalue weighted by atomic mass is 16.6. The third kappa shape index (κ3) is 4.26. The number of rotatable bonds is 2. The average Bonchev–Trinajstić information content (AvgIpc) is 2.82. The van der Waals surface area contributed by atoms with Crippen molar-refractivity contribution in [2.45, 2.75) is 64.9 Å². The van der Waals surface area contributed by atoms with Gasteiger partial charge in [-0.25, -0.2) is 0 Å². The van der Waals surface area contributed by atoms with Gasteiger partial charge in [0.2, 0.25) is 0 Å².